The Morgan fingerprint density at radius 2 is 1.85 bits per heavy atom. The molecule has 0 radical (unpaired) electrons. The Hall–Kier alpha value is -2.34. The highest BCUT2D eigenvalue weighted by atomic mass is 32.1. The van der Waals surface area contributed by atoms with Crippen molar-refractivity contribution >= 4 is 23.2 Å². The molecule has 1 aromatic heterocycles. The van der Waals surface area contributed by atoms with E-state index in [1.807, 2.05) is 43.0 Å². The predicted octanol–water partition coefficient (Wildman–Crippen LogP) is 5.83. The number of rotatable bonds is 11. The summed E-state index contributed by atoms with van der Waals surface area (Å²) in [5, 5.41) is 2.11. The first-order chi connectivity index (χ1) is 16.0. The molecule has 1 aromatic carbocycles. The molecule has 2 heterocycles. The molecule has 2 aromatic rings. The molecule has 6 heteroatoms. The maximum Gasteiger partial charge on any atom is 0.243 e. The summed E-state index contributed by atoms with van der Waals surface area (Å²) in [6.45, 7) is 6.99. The molecule has 2 amide bonds. The monoisotopic (exact) mass is 470 g/mol. The van der Waals surface area contributed by atoms with Gasteiger partial charge in [-0.15, -0.1) is 11.3 Å². The van der Waals surface area contributed by atoms with Crippen molar-refractivity contribution in [1.29, 1.82) is 0 Å². The van der Waals surface area contributed by atoms with Crippen LogP contribution in [0.15, 0.2) is 35.7 Å². The first-order valence-electron chi connectivity index (χ1n) is 12.2. The number of benzene rings is 1. The third kappa shape index (κ3) is 6.38. The van der Waals surface area contributed by atoms with Gasteiger partial charge in [-0.25, -0.2) is 0 Å². The summed E-state index contributed by atoms with van der Waals surface area (Å²) in [5.74, 6) is 0.901. The third-order valence-corrected chi connectivity index (χ3v) is 7.46. The van der Waals surface area contributed by atoms with E-state index in [2.05, 4.69) is 18.4 Å². The third-order valence-electron chi connectivity index (χ3n) is 6.46. The Bertz CT molecular complexity index is 906. The highest BCUT2D eigenvalue weighted by molar-refractivity contribution is 7.10. The Labute approximate surface area is 202 Å². The van der Waals surface area contributed by atoms with Gasteiger partial charge in [-0.1, -0.05) is 44.7 Å². The van der Waals surface area contributed by atoms with Crippen LogP contribution in [0, 0.1) is 0 Å². The van der Waals surface area contributed by atoms with E-state index in [-0.39, 0.29) is 30.4 Å². The number of unbranched alkanes of at least 4 members (excludes halogenated alkanes) is 4. The fourth-order valence-corrected chi connectivity index (χ4v) is 5.45. The lowest BCUT2D eigenvalue weighted by Gasteiger charge is -2.38. The number of carbonyl (C=O) groups is 2. The minimum atomic E-state index is -0.128. The summed E-state index contributed by atoms with van der Waals surface area (Å²) in [5.41, 5.74) is 2.27. The number of methoxy groups -OCH3 is 1. The van der Waals surface area contributed by atoms with E-state index < -0.39 is 0 Å². The van der Waals surface area contributed by atoms with Crippen LogP contribution < -0.4 is 4.74 Å². The fourth-order valence-electron chi connectivity index (χ4n) is 4.55. The molecular weight excluding hydrogens is 432 g/mol. The summed E-state index contributed by atoms with van der Waals surface area (Å²) in [6, 6.07) is 9.98. The molecule has 0 bridgehead atoms. The van der Waals surface area contributed by atoms with Crippen molar-refractivity contribution in [2.45, 2.75) is 77.8 Å². The normalized spacial score (nSPS) is 15.4. The molecule has 1 unspecified atom stereocenters. The highest BCUT2D eigenvalue weighted by Gasteiger charge is 2.34. The van der Waals surface area contributed by atoms with Gasteiger partial charge >= 0.3 is 0 Å². The van der Waals surface area contributed by atoms with Crippen LogP contribution in [0.25, 0.3) is 0 Å². The topological polar surface area (TPSA) is 49.9 Å². The molecule has 5 nitrogen and oxygen atoms in total. The van der Waals surface area contributed by atoms with Crippen LogP contribution in [0.1, 0.15) is 81.3 Å². The van der Waals surface area contributed by atoms with Crippen LogP contribution in [-0.2, 0) is 16.0 Å². The van der Waals surface area contributed by atoms with E-state index in [0.29, 0.717) is 13.0 Å². The van der Waals surface area contributed by atoms with Gasteiger partial charge in [0, 0.05) is 23.9 Å². The second-order valence-corrected chi connectivity index (χ2v) is 10.1. The fraction of sp³-hybridized carbons (Fsp3) is 0.556. The standard InChI is InChI=1S/C27H38N2O3S/c1-5-6-7-8-9-10-25(30)29(20(2)3)19-26(31)28-17-15-24-23(16-18-33-24)27(28)21-11-13-22(32-4)14-12-21/h11-14,16,18,20,27H,5-10,15,17,19H2,1-4H3. The number of thiophene rings is 1. The molecule has 0 N–H and O–H groups in total. The average molecular weight is 471 g/mol. The summed E-state index contributed by atoms with van der Waals surface area (Å²) in [7, 11) is 1.66. The van der Waals surface area contributed by atoms with Gasteiger partial charge in [-0.3, -0.25) is 9.59 Å². The van der Waals surface area contributed by atoms with Crippen LogP contribution in [0.2, 0.25) is 0 Å². The van der Waals surface area contributed by atoms with Gasteiger partial charge < -0.3 is 14.5 Å². The summed E-state index contributed by atoms with van der Waals surface area (Å²) in [6.07, 6.45) is 6.93. The molecule has 33 heavy (non-hydrogen) atoms. The Kier molecular flexibility index (Phi) is 9.36. The zero-order valence-electron chi connectivity index (χ0n) is 20.5. The number of fused-ring (bicyclic) bond motifs is 1. The second-order valence-electron chi connectivity index (χ2n) is 9.09. The van der Waals surface area contributed by atoms with Crippen LogP contribution in [0.3, 0.4) is 0 Å². The number of nitrogens with zero attached hydrogens (tertiary/aromatic N) is 2. The number of ether oxygens (including phenoxy) is 1. The maximum absolute atomic E-state index is 13.6. The molecule has 0 saturated carbocycles. The second kappa shape index (κ2) is 12.2. The molecule has 0 aliphatic carbocycles. The van der Waals surface area contributed by atoms with Gasteiger partial charge in [-0.05, 0) is 61.4 Å². The molecule has 180 valence electrons. The number of hydrogen-bond acceptors (Lipinski definition) is 4. The zero-order valence-corrected chi connectivity index (χ0v) is 21.3. The van der Waals surface area contributed by atoms with Crippen molar-refractivity contribution in [2.24, 2.45) is 0 Å². The first kappa shape index (κ1) is 25.3. The van der Waals surface area contributed by atoms with Crippen LogP contribution in [0.4, 0.5) is 0 Å². The van der Waals surface area contributed by atoms with Gasteiger partial charge in [0.25, 0.3) is 0 Å². The molecule has 1 aliphatic heterocycles. The maximum atomic E-state index is 13.6. The molecule has 1 atom stereocenters. The van der Waals surface area contributed by atoms with E-state index in [0.717, 1.165) is 30.6 Å². The van der Waals surface area contributed by atoms with Crippen LogP contribution in [0.5, 0.6) is 5.75 Å². The molecule has 0 fully saturated rings. The van der Waals surface area contributed by atoms with Gasteiger partial charge in [-0.2, -0.15) is 0 Å². The molecule has 0 spiro atoms. The lowest BCUT2D eigenvalue weighted by Crippen LogP contribution is -2.48. The number of hydrogen-bond donors (Lipinski definition) is 0. The number of amides is 2. The average Bonchev–Trinajstić information content (AvgIpc) is 3.30. The van der Waals surface area contributed by atoms with E-state index in [1.165, 1.54) is 29.7 Å². The minimum Gasteiger partial charge on any atom is -0.497 e. The Balaban J connectivity index is 1.74. The molecule has 3 rings (SSSR count). The van der Waals surface area contributed by atoms with Crippen molar-refractivity contribution in [3.05, 3.63) is 51.7 Å². The van der Waals surface area contributed by atoms with Crippen molar-refractivity contribution < 1.29 is 14.3 Å². The van der Waals surface area contributed by atoms with Crippen molar-refractivity contribution in [1.82, 2.24) is 9.80 Å². The molecule has 1 aliphatic rings. The van der Waals surface area contributed by atoms with Gasteiger partial charge in [0.2, 0.25) is 11.8 Å². The van der Waals surface area contributed by atoms with E-state index in [4.69, 9.17) is 4.74 Å². The van der Waals surface area contributed by atoms with E-state index in [9.17, 15) is 9.59 Å². The quantitative estimate of drug-likeness (QED) is 0.388. The van der Waals surface area contributed by atoms with Crippen molar-refractivity contribution in [3.63, 3.8) is 0 Å². The molecular formula is C27H38N2O3S. The van der Waals surface area contributed by atoms with Gasteiger partial charge in [0.05, 0.1) is 13.2 Å². The predicted molar refractivity (Wildman–Crippen MR) is 135 cm³/mol. The summed E-state index contributed by atoms with van der Waals surface area (Å²) in [4.78, 5) is 31.6. The van der Waals surface area contributed by atoms with Crippen molar-refractivity contribution in [3.8, 4) is 5.75 Å². The first-order valence-corrected chi connectivity index (χ1v) is 13.1. The van der Waals surface area contributed by atoms with E-state index in [1.54, 1.807) is 23.3 Å². The Morgan fingerprint density at radius 3 is 2.52 bits per heavy atom. The SMILES string of the molecule is CCCCCCCC(=O)N(CC(=O)N1CCc2sccc2C1c1ccc(OC)cc1)C(C)C. The Morgan fingerprint density at radius 1 is 1.12 bits per heavy atom. The highest BCUT2D eigenvalue weighted by Crippen LogP contribution is 2.38. The van der Waals surface area contributed by atoms with Gasteiger partial charge in [0.15, 0.2) is 0 Å². The van der Waals surface area contributed by atoms with Crippen LogP contribution >= 0.6 is 11.3 Å². The lowest BCUT2D eigenvalue weighted by atomic mass is 9.93. The summed E-state index contributed by atoms with van der Waals surface area (Å²) >= 11 is 1.76. The largest absolute Gasteiger partial charge is 0.497 e. The van der Waals surface area contributed by atoms with Crippen LogP contribution in [-0.4, -0.2) is 47.9 Å². The van der Waals surface area contributed by atoms with E-state index >= 15 is 0 Å². The summed E-state index contributed by atoms with van der Waals surface area (Å²) < 4.78 is 5.32. The van der Waals surface area contributed by atoms with Crippen molar-refractivity contribution in [2.75, 3.05) is 20.2 Å². The lowest BCUT2D eigenvalue weighted by molar-refractivity contribution is -0.143. The minimum absolute atomic E-state index is 0.00183. The zero-order chi connectivity index (χ0) is 23.8. The number of carbonyl (C=O) groups excluding carboxylic acids is 2. The molecule has 0 saturated heterocycles. The van der Waals surface area contributed by atoms with Gasteiger partial charge in [0.1, 0.15) is 12.3 Å². The smallest absolute Gasteiger partial charge is 0.243 e.